The summed E-state index contributed by atoms with van der Waals surface area (Å²) in [7, 11) is 0. The van der Waals surface area contributed by atoms with E-state index < -0.39 is 36.5 Å². The van der Waals surface area contributed by atoms with E-state index in [1.165, 1.54) is 4.90 Å². The minimum atomic E-state index is -1.12. The van der Waals surface area contributed by atoms with Crippen molar-refractivity contribution in [2.24, 2.45) is 5.73 Å². The van der Waals surface area contributed by atoms with Crippen LogP contribution in [0.2, 0.25) is 0 Å². The Labute approximate surface area is 157 Å². The number of benzene rings is 1. The zero-order chi connectivity index (χ0) is 19.1. The number of carboxylic acid groups (broad SMARTS) is 2. The lowest BCUT2D eigenvalue weighted by Crippen LogP contribution is -2.52. The third-order valence-corrected chi connectivity index (χ3v) is 4.49. The highest BCUT2D eigenvalue weighted by Gasteiger charge is 2.33. The predicted molar refractivity (Wildman–Crippen MR) is 99.6 cm³/mol. The molecule has 0 spiro atoms. The van der Waals surface area contributed by atoms with E-state index in [2.05, 4.69) is 5.32 Å². The van der Waals surface area contributed by atoms with Crippen LogP contribution in [0.4, 0.5) is 5.69 Å². The molecule has 27 heavy (non-hydrogen) atoms. The molecule has 1 aromatic carbocycles. The average molecular weight is 381 g/mol. The molecule has 0 saturated heterocycles. The summed E-state index contributed by atoms with van der Waals surface area (Å²) in [5.41, 5.74) is 6.89. The van der Waals surface area contributed by atoms with E-state index in [0.29, 0.717) is 44.3 Å². The summed E-state index contributed by atoms with van der Waals surface area (Å²) < 4.78 is 0. The highest BCUT2D eigenvalue weighted by atomic mass is 16.4. The van der Waals surface area contributed by atoms with Gasteiger partial charge in [-0.3, -0.25) is 24.6 Å². The lowest BCUT2D eigenvalue weighted by Gasteiger charge is -2.26. The molecule has 0 aliphatic carbocycles. The number of carboxylic acids is 2. The summed E-state index contributed by atoms with van der Waals surface area (Å²) in [6.07, 6.45) is 2.68. The Morgan fingerprint density at radius 3 is 2.59 bits per heavy atom. The van der Waals surface area contributed by atoms with Gasteiger partial charge in [0.05, 0.1) is 6.04 Å². The molecule has 9 heteroatoms. The van der Waals surface area contributed by atoms with Crippen LogP contribution in [-0.4, -0.2) is 58.7 Å². The zero-order valence-corrected chi connectivity index (χ0v) is 15.1. The van der Waals surface area contributed by atoms with Crippen LogP contribution in [0.3, 0.4) is 0 Å². The molecule has 1 aliphatic rings. The number of hydrogen-bond acceptors (Lipinski definition) is 5. The first-order chi connectivity index (χ1) is 12.4. The smallest absolute Gasteiger partial charge is 0.323 e. The molecule has 0 saturated carbocycles. The highest BCUT2D eigenvalue weighted by Crippen LogP contribution is 2.27. The second kappa shape index (κ2) is 10.6. The second-order valence-electron chi connectivity index (χ2n) is 6.38. The maximum atomic E-state index is 12.9. The Balaban J connectivity index is 0.00000364. The Morgan fingerprint density at radius 1 is 1.26 bits per heavy atom. The lowest BCUT2D eigenvalue weighted by atomic mass is 10.0. The largest absolute Gasteiger partial charge is 0.480 e. The first-order valence-corrected chi connectivity index (χ1v) is 8.74. The Bertz CT molecular complexity index is 666. The van der Waals surface area contributed by atoms with Crippen molar-refractivity contribution in [1.82, 2.24) is 5.32 Å². The van der Waals surface area contributed by atoms with Crippen molar-refractivity contribution in [2.45, 2.75) is 44.2 Å². The summed E-state index contributed by atoms with van der Waals surface area (Å²) in [5, 5.41) is 21.5. The lowest BCUT2D eigenvalue weighted by molar-refractivity contribution is -0.140. The summed E-state index contributed by atoms with van der Waals surface area (Å²) in [6, 6.07) is 5.54. The predicted octanol–water partition coefficient (Wildman–Crippen LogP) is -0.234. The molecule has 0 fully saturated rings. The molecule has 2 atom stereocenters. The third-order valence-electron chi connectivity index (χ3n) is 4.49. The molecule has 150 valence electrons. The van der Waals surface area contributed by atoms with Crippen LogP contribution in [0.25, 0.3) is 0 Å². The zero-order valence-electron chi connectivity index (χ0n) is 15.1. The molecule has 2 rings (SSSR count). The van der Waals surface area contributed by atoms with Gasteiger partial charge >= 0.3 is 11.9 Å². The molecular weight excluding hydrogens is 354 g/mol. The molecule has 0 radical (unpaired) electrons. The number of aryl methyl sites for hydroxylation is 1. The normalized spacial score (nSPS) is 17.4. The van der Waals surface area contributed by atoms with Crippen molar-refractivity contribution in [3.05, 3.63) is 29.8 Å². The maximum Gasteiger partial charge on any atom is 0.323 e. The van der Waals surface area contributed by atoms with E-state index in [0.717, 1.165) is 5.56 Å². The van der Waals surface area contributed by atoms with Crippen LogP contribution in [0.1, 0.15) is 31.2 Å². The van der Waals surface area contributed by atoms with Crippen molar-refractivity contribution in [3.8, 4) is 0 Å². The molecule has 1 amide bonds. The second-order valence-corrected chi connectivity index (χ2v) is 6.38. The summed E-state index contributed by atoms with van der Waals surface area (Å²) in [6.45, 7) is 0.0232. The van der Waals surface area contributed by atoms with Gasteiger partial charge in [-0.25, -0.2) is 0 Å². The van der Waals surface area contributed by atoms with Crippen molar-refractivity contribution >= 4 is 23.5 Å². The van der Waals surface area contributed by atoms with E-state index >= 15 is 0 Å². The van der Waals surface area contributed by atoms with Gasteiger partial charge in [-0.05, 0) is 43.9 Å². The fourth-order valence-corrected chi connectivity index (χ4v) is 3.18. The first kappa shape index (κ1) is 22.6. The van der Waals surface area contributed by atoms with Gasteiger partial charge < -0.3 is 21.4 Å². The van der Waals surface area contributed by atoms with E-state index in [9.17, 15) is 24.6 Å². The number of fused-ring (bicyclic) bond motifs is 1. The highest BCUT2D eigenvalue weighted by molar-refractivity contribution is 6.02. The molecular formula is C18H27N3O6. The number of amides is 1. The minimum Gasteiger partial charge on any atom is -0.480 e. The fourth-order valence-electron chi connectivity index (χ4n) is 3.18. The van der Waals surface area contributed by atoms with E-state index in [4.69, 9.17) is 5.73 Å². The Morgan fingerprint density at radius 2 is 1.96 bits per heavy atom. The summed E-state index contributed by atoms with van der Waals surface area (Å²) in [5.74, 6) is -2.56. The molecule has 0 bridgehead atoms. The Kier molecular flexibility index (Phi) is 8.86. The molecule has 9 nitrogen and oxygen atoms in total. The number of para-hydroxylation sites is 1. The van der Waals surface area contributed by atoms with Gasteiger partial charge in [0, 0.05) is 5.69 Å². The number of anilines is 1. The van der Waals surface area contributed by atoms with Crippen molar-refractivity contribution in [2.75, 3.05) is 18.0 Å². The molecule has 1 aromatic rings. The number of nitrogens with two attached hydrogens (primary N) is 1. The van der Waals surface area contributed by atoms with Crippen molar-refractivity contribution in [1.29, 1.82) is 0 Å². The van der Waals surface area contributed by atoms with E-state index in [1.807, 2.05) is 12.1 Å². The van der Waals surface area contributed by atoms with E-state index in [-0.39, 0.29) is 5.48 Å². The quantitative estimate of drug-likeness (QED) is 0.429. The number of nitrogens with zero attached hydrogens (tertiary/aromatic N) is 1. The van der Waals surface area contributed by atoms with Gasteiger partial charge in [0.15, 0.2) is 0 Å². The first-order valence-electron chi connectivity index (χ1n) is 8.74. The van der Waals surface area contributed by atoms with Crippen LogP contribution >= 0.6 is 0 Å². The van der Waals surface area contributed by atoms with Gasteiger partial charge in [0.1, 0.15) is 12.6 Å². The SMILES string of the molecule is NCCCCC(NC1CCc2ccccc2N(CC(=O)O)C1=O)C(=O)O.O. The van der Waals surface area contributed by atoms with E-state index in [1.54, 1.807) is 12.1 Å². The van der Waals surface area contributed by atoms with Gasteiger partial charge in [-0.2, -0.15) is 0 Å². The van der Waals surface area contributed by atoms with Gasteiger partial charge in [-0.15, -0.1) is 0 Å². The standard InChI is InChI=1S/C18H25N3O5.H2O/c19-10-4-3-6-14(18(25)26)20-13-9-8-12-5-1-2-7-15(12)21(17(13)24)11-16(22)23;/h1-2,5,7,13-14,20H,3-4,6,8-11,19H2,(H,22,23)(H,25,26);1H2. The van der Waals surface area contributed by atoms with Crippen LogP contribution in [-0.2, 0) is 20.8 Å². The average Bonchev–Trinajstić information content (AvgIpc) is 2.72. The van der Waals surface area contributed by atoms with Crippen LogP contribution in [0.15, 0.2) is 24.3 Å². The number of rotatable bonds is 9. The number of carbonyl (C=O) groups excluding carboxylic acids is 1. The number of aliphatic carboxylic acids is 2. The van der Waals surface area contributed by atoms with Crippen molar-refractivity contribution < 1.29 is 30.1 Å². The number of hydrogen-bond donors (Lipinski definition) is 4. The molecule has 2 unspecified atom stereocenters. The molecule has 0 aromatic heterocycles. The van der Waals surface area contributed by atoms with Crippen LogP contribution in [0, 0.1) is 0 Å². The Hall–Kier alpha value is -2.49. The van der Waals surface area contributed by atoms with Gasteiger partial charge in [0.25, 0.3) is 0 Å². The summed E-state index contributed by atoms with van der Waals surface area (Å²) >= 11 is 0. The molecule has 7 N–H and O–H groups in total. The van der Waals surface area contributed by atoms with Crippen molar-refractivity contribution in [3.63, 3.8) is 0 Å². The van der Waals surface area contributed by atoms with Crippen LogP contribution < -0.4 is 16.0 Å². The maximum absolute atomic E-state index is 12.9. The number of unbranched alkanes of at least 4 members (excludes halogenated alkanes) is 1. The monoisotopic (exact) mass is 381 g/mol. The topological polar surface area (TPSA) is 164 Å². The van der Waals surface area contributed by atoms with Gasteiger partial charge in [0.2, 0.25) is 5.91 Å². The summed E-state index contributed by atoms with van der Waals surface area (Å²) in [4.78, 5) is 36.9. The third kappa shape index (κ3) is 6.02. The molecule has 1 heterocycles. The number of carbonyl (C=O) groups is 3. The number of nitrogens with one attached hydrogen (secondary N) is 1. The molecule has 1 aliphatic heterocycles. The van der Waals surface area contributed by atoms with Gasteiger partial charge in [-0.1, -0.05) is 24.6 Å². The fraction of sp³-hybridized carbons (Fsp3) is 0.500. The minimum absolute atomic E-state index is 0. The van der Waals surface area contributed by atoms with Crippen LogP contribution in [0.5, 0.6) is 0 Å².